The first-order valence-electron chi connectivity index (χ1n) is 7.74. The van der Waals surface area contributed by atoms with Gasteiger partial charge in [-0.15, -0.1) is 17.5 Å². The number of nitrogens with two attached hydrogens (primary N) is 1. The first-order valence-corrected chi connectivity index (χ1v) is 7.74. The van der Waals surface area contributed by atoms with Gasteiger partial charge in [0.05, 0.1) is 5.69 Å². The van der Waals surface area contributed by atoms with Crippen LogP contribution in [0.5, 0.6) is 0 Å². The fourth-order valence-corrected chi connectivity index (χ4v) is 2.43. The van der Waals surface area contributed by atoms with E-state index in [-0.39, 0.29) is 30.2 Å². The summed E-state index contributed by atoms with van der Waals surface area (Å²) in [5.74, 6) is 1.26. The van der Waals surface area contributed by atoms with E-state index in [1.165, 1.54) is 0 Å². The third kappa shape index (κ3) is 4.09. The van der Waals surface area contributed by atoms with Gasteiger partial charge in [-0.05, 0) is 30.9 Å². The molecule has 1 aromatic carbocycles. The number of hydrogen-bond donors (Lipinski definition) is 2. The molecular weight excluding hydrogens is 314 g/mol. The fraction of sp³-hybridized carbons (Fsp3) is 0.438. The van der Waals surface area contributed by atoms with E-state index in [9.17, 15) is 4.79 Å². The van der Waals surface area contributed by atoms with Gasteiger partial charge in [-0.3, -0.25) is 4.79 Å². The van der Waals surface area contributed by atoms with Crippen molar-refractivity contribution in [1.29, 1.82) is 0 Å². The highest BCUT2D eigenvalue weighted by Gasteiger charge is 2.29. The van der Waals surface area contributed by atoms with E-state index < -0.39 is 0 Å². The van der Waals surface area contributed by atoms with Gasteiger partial charge in [-0.2, -0.15) is 0 Å². The first kappa shape index (κ1) is 17.4. The van der Waals surface area contributed by atoms with Gasteiger partial charge < -0.3 is 11.1 Å². The molecule has 3 N–H and O–H groups in total. The molecule has 1 aliphatic carbocycles. The second kappa shape index (κ2) is 7.57. The zero-order valence-corrected chi connectivity index (χ0v) is 13.9. The zero-order chi connectivity index (χ0) is 15.5. The van der Waals surface area contributed by atoms with Crippen molar-refractivity contribution in [3.05, 3.63) is 42.0 Å². The summed E-state index contributed by atoms with van der Waals surface area (Å²) >= 11 is 0. The summed E-state index contributed by atoms with van der Waals surface area (Å²) in [6.07, 6.45) is 3.03. The van der Waals surface area contributed by atoms with E-state index in [0.29, 0.717) is 18.9 Å². The average Bonchev–Trinajstić information content (AvgIpc) is 3.32. The molecule has 0 radical (unpaired) electrons. The predicted octanol–water partition coefficient (Wildman–Crippen LogP) is 1.72. The highest BCUT2D eigenvalue weighted by molar-refractivity contribution is 5.90. The summed E-state index contributed by atoms with van der Waals surface area (Å²) in [7, 11) is 0. The van der Waals surface area contributed by atoms with Crippen LogP contribution in [-0.4, -0.2) is 33.3 Å². The molecule has 0 saturated heterocycles. The summed E-state index contributed by atoms with van der Waals surface area (Å²) in [4.78, 5) is 16.5. The van der Waals surface area contributed by atoms with Crippen molar-refractivity contribution in [1.82, 2.24) is 20.1 Å². The van der Waals surface area contributed by atoms with Crippen molar-refractivity contribution < 1.29 is 4.79 Å². The van der Waals surface area contributed by atoms with E-state index in [0.717, 1.165) is 24.4 Å². The molecule has 1 heterocycles. The van der Waals surface area contributed by atoms with Gasteiger partial charge in [0.2, 0.25) is 5.82 Å². The third-order valence-corrected chi connectivity index (χ3v) is 3.92. The van der Waals surface area contributed by atoms with E-state index in [1.807, 2.05) is 37.3 Å². The number of nitrogens with zero attached hydrogens (tertiary/aromatic N) is 3. The van der Waals surface area contributed by atoms with Gasteiger partial charge in [0.25, 0.3) is 5.91 Å². The summed E-state index contributed by atoms with van der Waals surface area (Å²) < 4.78 is 1.72. The Bertz CT molecular complexity index is 654. The van der Waals surface area contributed by atoms with E-state index >= 15 is 0 Å². The van der Waals surface area contributed by atoms with Gasteiger partial charge in [0.1, 0.15) is 5.82 Å². The number of hydrogen-bond acceptors (Lipinski definition) is 4. The minimum absolute atomic E-state index is 0. The van der Waals surface area contributed by atoms with Crippen LogP contribution in [0.15, 0.2) is 30.3 Å². The van der Waals surface area contributed by atoms with Crippen LogP contribution < -0.4 is 11.1 Å². The smallest absolute Gasteiger partial charge is 0.291 e. The lowest BCUT2D eigenvalue weighted by atomic mass is 10.2. The van der Waals surface area contributed by atoms with Crippen LogP contribution >= 0.6 is 12.4 Å². The quantitative estimate of drug-likeness (QED) is 0.841. The highest BCUT2D eigenvalue weighted by atomic mass is 35.5. The molecule has 1 aromatic heterocycles. The van der Waals surface area contributed by atoms with Crippen molar-refractivity contribution in [2.24, 2.45) is 11.7 Å². The van der Waals surface area contributed by atoms with Gasteiger partial charge in [-0.25, -0.2) is 9.67 Å². The fourth-order valence-electron chi connectivity index (χ4n) is 2.43. The molecule has 1 aliphatic rings. The Morgan fingerprint density at radius 2 is 2.09 bits per heavy atom. The average molecular weight is 336 g/mol. The number of carbonyl (C=O) groups is 1. The molecule has 2 aromatic rings. The van der Waals surface area contributed by atoms with Crippen molar-refractivity contribution in [2.75, 3.05) is 6.54 Å². The Balaban J connectivity index is 0.00000192. The third-order valence-electron chi connectivity index (χ3n) is 3.92. The van der Waals surface area contributed by atoms with Crippen molar-refractivity contribution >= 4 is 18.3 Å². The number of nitrogens with one attached hydrogen (secondary N) is 1. The van der Waals surface area contributed by atoms with Crippen molar-refractivity contribution in [3.63, 3.8) is 0 Å². The van der Waals surface area contributed by atoms with E-state index in [2.05, 4.69) is 15.4 Å². The molecule has 1 unspecified atom stereocenters. The van der Waals surface area contributed by atoms with Crippen LogP contribution in [0.2, 0.25) is 0 Å². The summed E-state index contributed by atoms with van der Waals surface area (Å²) in [5.41, 5.74) is 6.90. The monoisotopic (exact) mass is 335 g/mol. The molecule has 0 bridgehead atoms. The summed E-state index contributed by atoms with van der Waals surface area (Å²) in [6, 6.07) is 9.73. The lowest BCUT2D eigenvalue weighted by molar-refractivity contribution is 0.0940. The molecule has 7 heteroatoms. The van der Waals surface area contributed by atoms with Gasteiger partial charge in [0, 0.05) is 19.0 Å². The van der Waals surface area contributed by atoms with Crippen LogP contribution in [0.3, 0.4) is 0 Å². The van der Waals surface area contributed by atoms with Crippen molar-refractivity contribution in [2.45, 2.75) is 32.2 Å². The van der Waals surface area contributed by atoms with Gasteiger partial charge in [-0.1, -0.05) is 25.1 Å². The maximum atomic E-state index is 12.2. The number of para-hydroxylation sites is 1. The molecule has 23 heavy (non-hydrogen) atoms. The Morgan fingerprint density at radius 1 is 1.39 bits per heavy atom. The second-order valence-electron chi connectivity index (χ2n) is 5.66. The summed E-state index contributed by atoms with van der Waals surface area (Å²) in [5, 5.41) is 7.18. The van der Waals surface area contributed by atoms with E-state index in [1.54, 1.807) is 4.68 Å². The molecule has 0 spiro atoms. The number of aryl methyl sites for hydroxylation is 1. The Labute approximate surface area is 141 Å². The van der Waals surface area contributed by atoms with Crippen molar-refractivity contribution in [3.8, 4) is 5.69 Å². The number of carbonyl (C=O) groups excluding carboxylic acids is 1. The zero-order valence-electron chi connectivity index (χ0n) is 13.1. The van der Waals surface area contributed by atoms with Crippen LogP contribution in [0.25, 0.3) is 5.69 Å². The minimum atomic E-state index is -0.263. The molecule has 0 aliphatic heterocycles. The molecule has 1 atom stereocenters. The second-order valence-corrected chi connectivity index (χ2v) is 5.66. The number of aromatic nitrogens is 3. The topological polar surface area (TPSA) is 85.8 Å². The standard InChI is InChI=1S/C16H21N5O.ClH/c1-2-14-19-15(16(22)18-10-13(17)11-8-9-11)20-21(14)12-6-4-3-5-7-12;/h3-7,11,13H,2,8-10,17H2,1H3,(H,18,22);1H. The van der Waals surface area contributed by atoms with Crippen LogP contribution in [-0.2, 0) is 6.42 Å². The summed E-state index contributed by atoms with van der Waals surface area (Å²) in [6.45, 7) is 2.47. The largest absolute Gasteiger partial charge is 0.348 e. The molecular formula is C16H22ClN5O. The lowest BCUT2D eigenvalue weighted by Gasteiger charge is -2.09. The van der Waals surface area contributed by atoms with E-state index in [4.69, 9.17) is 5.73 Å². The minimum Gasteiger partial charge on any atom is -0.348 e. The normalized spacial score (nSPS) is 14.9. The lowest BCUT2D eigenvalue weighted by Crippen LogP contribution is -2.38. The number of benzene rings is 1. The Kier molecular flexibility index (Phi) is 5.74. The molecule has 6 nitrogen and oxygen atoms in total. The molecule has 3 rings (SSSR count). The maximum Gasteiger partial charge on any atom is 0.291 e. The predicted molar refractivity (Wildman–Crippen MR) is 91.0 cm³/mol. The number of amides is 1. The van der Waals surface area contributed by atoms with Crippen LogP contribution in [0, 0.1) is 5.92 Å². The first-order chi connectivity index (χ1) is 10.7. The Morgan fingerprint density at radius 3 is 2.70 bits per heavy atom. The highest BCUT2D eigenvalue weighted by Crippen LogP contribution is 2.31. The molecule has 1 saturated carbocycles. The Hall–Kier alpha value is -1.92. The number of halogens is 1. The van der Waals surface area contributed by atoms with Gasteiger partial charge >= 0.3 is 0 Å². The number of rotatable bonds is 6. The molecule has 1 fully saturated rings. The SMILES string of the molecule is CCc1nc(C(=O)NCC(N)C2CC2)nn1-c1ccccc1.Cl. The molecule has 124 valence electrons. The maximum absolute atomic E-state index is 12.2. The van der Waals surface area contributed by atoms with Crippen LogP contribution in [0.4, 0.5) is 0 Å². The van der Waals surface area contributed by atoms with Crippen LogP contribution in [0.1, 0.15) is 36.2 Å². The molecule has 1 amide bonds. The van der Waals surface area contributed by atoms with Gasteiger partial charge in [0.15, 0.2) is 0 Å².